The van der Waals surface area contributed by atoms with Crippen LogP contribution < -0.4 is 21.3 Å². The molecule has 12 heteroatoms. The van der Waals surface area contributed by atoms with Gasteiger partial charge in [0.25, 0.3) is 5.91 Å². The third-order valence-electron chi connectivity index (χ3n) is 5.60. The summed E-state index contributed by atoms with van der Waals surface area (Å²) in [6.45, 7) is 3.46. The van der Waals surface area contributed by atoms with E-state index in [1.807, 2.05) is 9.80 Å². The molecule has 0 bridgehead atoms. The van der Waals surface area contributed by atoms with E-state index in [9.17, 15) is 9.59 Å². The van der Waals surface area contributed by atoms with Crippen LogP contribution in [0, 0.1) is 0 Å². The van der Waals surface area contributed by atoms with Crippen molar-refractivity contribution in [3.8, 4) is 0 Å². The predicted molar refractivity (Wildman–Crippen MR) is 122 cm³/mol. The minimum atomic E-state index is -0.735. The number of halogens is 2. The van der Waals surface area contributed by atoms with Crippen LogP contribution in [0.25, 0.3) is 0 Å². The number of rotatable bonds is 6. The number of primary amides is 1. The number of benzene rings is 1. The first kappa shape index (κ1) is 22.5. The molecule has 4 rings (SSSR count). The Hall–Kier alpha value is -2.69. The molecule has 2 aliphatic heterocycles. The Morgan fingerprint density at radius 3 is 2.62 bits per heavy atom. The second kappa shape index (κ2) is 9.85. The molecule has 0 spiro atoms. The number of carbonyl (C=O) groups is 2. The van der Waals surface area contributed by atoms with Gasteiger partial charge in [-0.15, -0.1) is 10.2 Å². The average molecular weight is 479 g/mol. The van der Waals surface area contributed by atoms with Gasteiger partial charge in [0, 0.05) is 42.8 Å². The van der Waals surface area contributed by atoms with E-state index in [0.29, 0.717) is 48.7 Å². The number of anilines is 2. The first-order valence-electron chi connectivity index (χ1n) is 10.4. The SMILES string of the molecule is NC(=O)c1nnc(N2CCN(C(=O)C3CCCN3)CC2)nc1NCc1ccc(Cl)cc1Cl. The molecule has 1 atom stereocenters. The Labute approximate surface area is 195 Å². The normalized spacial score (nSPS) is 18.6. The van der Waals surface area contributed by atoms with Crippen LogP contribution in [0.1, 0.15) is 28.9 Å². The van der Waals surface area contributed by atoms with Crippen molar-refractivity contribution >= 4 is 46.8 Å². The molecular formula is C20H24Cl2N8O2. The minimum Gasteiger partial charge on any atom is -0.364 e. The highest BCUT2D eigenvalue weighted by Gasteiger charge is 2.30. The van der Waals surface area contributed by atoms with Gasteiger partial charge in [-0.2, -0.15) is 4.98 Å². The Kier molecular flexibility index (Phi) is 6.92. The summed E-state index contributed by atoms with van der Waals surface area (Å²) >= 11 is 12.2. The van der Waals surface area contributed by atoms with Crippen LogP contribution in [0.3, 0.4) is 0 Å². The highest BCUT2D eigenvalue weighted by Crippen LogP contribution is 2.23. The lowest BCUT2D eigenvalue weighted by molar-refractivity contribution is -0.133. The van der Waals surface area contributed by atoms with Crippen LogP contribution in [0.5, 0.6) is 0 Å². The summed E-state index contributed by atoms with van der Waals surface area (Å²) in [6, 6.07) is 5.07. The topological polar surface area (TPSA) is 129 Å². The molecule has 170 valence electrons. The van der Waals surface area contributed by atoms with Gasteiger partial charge in [-0.25, -0.2) is 0 Å². The smallest absolute Gasteiger partial charge is 0.273 e. The van der Waals surface area contributed by atoms with Crippen LogP contribution in [0.2, 0.25) is 10.0 Å². The molecule has 0 radical (unpaired) electrons. The molecule has 1 aromatic carbocycles. The number of nitrogens with one attached hydrogen (secondary N) is 2. The monoisotopic (exact) mass is 478 g/mol. The fourth-order valence-corrected chi connectivity index (χ4v) is 4.30. The third kappa shape index (κ3) is 5.03. The van der Waals surface area contributed by atoms with Gasteiger partial charge in [0.05, 0.1) is 6.04 Å². The molecule has 2 saturated heterocycles. The van der Waals surface area contributed by atoms with E-state index in [1.54, 1.807) is 18.2 Å². The van der Waals surface area contributed by atoms with Crippen LogP contribution in [0.4, 0.5) is 11.8 Å². The van der Waals surface area contributed by atoms with Gasteiger partial charge in [0.2, 0.25) is 11.9 Å². The quantitative estimate of drug-likeness (QED) is 0.566. The summed E-state index contributed by atoms with van der Waals surface area (Å²) in [5, 5.41) is 15.4. The van der Waals surface area contributed by atoms with Gasteiger partial charge in [0.1, 0.15) is 0 Å². The molecule has 1 aromatic heterocycles. The Balaban J connectivity index is 1.44. The van der Waals surface area contributed by atoms with E-state index in [2.05, 4.69) is 25.8 Å². The fraction of sp³-hybridized carbons (Fsp3) is 0.450. The van der Waals surface area contributed by atoms with Crippen LogP contribution in [-0.2, 0) is 11.3 Å². The molecule has 3 heterocycles. The van der Waals surface area contributed by atoms with E-state index in [-0.39, 0.29) is 23.5 Å². The summed E-state index contributed by atoms with van der Waals surface area (Å²) in [4.78, 5) is 32.7. The van der Waals surface area contributed by atoms with Crippen LogP contribution >= 0.6 is 23.2 Å². The zero-order chi connectivity index (χ0) is 22.7. The highest BCUT2D eigenvalue weighted by molar-refractivity contribution is 6.35. The molecule has 10 nitrogen and oxygen atoms in total. The van der Waals surface area contributed by atoms with Crippen LogP contribution in [-0.4, -0.2) is 70.7 Å². The summed E-state index contributed by atoms with van der Waals surface area (Å²) in [5.41, 5.74) is 6.17. The van der Waals surface area contributed by atoms with Crippen molar-refractivity contribution in [3.05, 3.63) is 39.5 Å². The van der Waals surface area contributed by atoms with E-state index in [0.717, 1.165) is 24.9 Å². The van der Waals surface area contributed by atoms with Gasteiger partial charge in [0.15, 0.2) is 11.5 Å². The minimum absolute atomic E-state index is 0.0556. The van der Waals surface area contributed by atoms with Gasteiger partial charge in [-0.1, -0.05) is 29.3 Å². The summed E-state index contributed by atoms with van der Waals surface area (Å²) in [5.74, 6) is 0.00109. The zero-order valence-corrected chi connectivity index (χ0v) is 18.9. The van der Waals surface area contributed by atoms with Gasteiger partial charge >= 0.3 is 0 Å². The third-order valence-corrected chi connectivity index (χ3v) is 6.19. The molecule has 2 aromatic rings. The van der Waals surface area contributed by atoms with E-state index in [1.165, 1.54) is 0 Å². The Bertz CT molecular complexity index is 1010. The number of nitrogens with zero attached hydrogens (tertiary/aromatic N) is 5. The number of nitrogens with two attached hydrogens (primary N) is 1. The Morgan fingerprint density at radius 1 is 1.19 bits per heavy atom. The summed E-state index contributed by atoms with van der Waals surface area (Å²) < 4.78 is 0. The van der Waals surface area contributed by atoms with Crippen molar-refractivity contribution in [2.75, 3.05) is 42.9 Å². The molecule has 0 saturated carbocycles. The first-order chi connectivity index (χ1) is 15.4. The molecule has 1 unspecified atom stereocenters. The van der Waals surface area contributed by atoms with Crippen molar-refractivity contribution in [2.24, 2.45) is 5.73 Å². The van der Waals surface area contributed by atoms with E-state index >= 15 is 0 Å². The van der Waals surface area contributed by atoms with Crippen molar-refractivity contribution in [1.29, 1.82) is 0 Å². The number of hydrogen-bond acceptors (Lipinski definition) is 8. The summed E-state index contributed by atoms with van der Waals surface area (Å²) in [6.07, 6.45) is 1.91. The molecule has 32 heavy (non-hydrogen) atoms. The van der Waals surface area contributed by atoms with Gasteiger partial charge in [-0.05, 0) is 37.1 Å². The number of piperazine rings is 1. The molecule has 2 fully saturated rings. The van der Waals surface area contributed by atoms with Gasteiger partial charge < -0.3 is 26.2 Å². The zero-order valence-electron chi connectivity index (χ0n) is 17.4. The van der Waals surface area contributed by atoms with Crippen molar-refractivity contribution in [1.82, 2.24) is 25.4 Å². The second-order valence-electron chi connectivity index (χ2n) is 7.72. The Morgan fingerprint density at radius 2 is 1.97 bits per heavy atom. The maximum atomic E-state index is 12.6. The maximum absolute atomic E-state index is 12.6. The lowest BCUT2D eigenvalue weighted by Crippen LogP contribution is -2.53. The lowest BCUT2D eigenvalue weighted by Gasteiger charge is -2.35. The summed E-state index contributed by atoms with van der Waals surface area (Å²) in [7, 11) is 0. The molecule has 0 aliphatic carbocycles. The molecular weight excluding hydrogens is 455 g/mol. The second-order valence-corrected chi connectivity index (χ2v) is 8.57. The fourth-order valence-electron chi connectivity index (χ4n) is 3.83. The van der Waals surface area contributed by atoms with Crippen molar-refractivity contribution in [2.45, 2.75) is 25.4 Å². The maximum Gasteiger partial charge on any atom is 0.273 e. The average Bonchev–Trinajstić information content (AvgIpc) is 3.33. The number of hydrogen-bond donors (Lipinski definition) is 3. The molecule has 2 aliphatic rings. The predicted octanol–water partition coefficient (Wildman–Crippen LogP) is 1.29. The standard InChI is InChI=1S/C20H24Cl2N8O2/c21-13-4-3-12(14(22)10-13)11-25-18-16(17(23)31)27-28-20(26-18)30-8-6-29(7-9-30)19(32)15-2-1-5-24-15/h3-4,10,15,24H,1-2,5-9,11H2,(H2,23,31)(H,25,26,28). The number of amides is 2. The van der Waals surface area contributed by atoms with E-state index < -0.39 is 5.91 Å². The van der Waals surface area contributed by atoms with E-state index in [4.69, 9.17) is 28.9 Å². The number of aromatic nitrogens is 3. The van der Waals surface area contributed by atoms with Crippen molar-refractivity contribution in [3.63, 3.8) is 0 Å². The van der Waals surface area contributed by atoms with Crippen molar-refractivity contribution < 1.29 is 9.59 Å². The largest absolute Gasteiger partial charge is 0.364 e. The highest BCUT2D eigenvalue weighted by atomic mass is 35.5. The van der Waals surface area contributed by atoms with Gasteiger partial charge in [-0.3, -0.25) is 9.59 Å². The van der Waals surface area contributed by atoms with Crippen LogP contribution in [0.15, 0.2) is 18.2 Å². The molecule has 2 amide bonds. The first-order valence-corrected chi connectivity index (χ1v) is 11.2. The molecule has 4 N–H and O–H groups in total. The number of carbonyl (C=O) groups excluding carboxylic acids is 2. The lowest BCUT2D eigenvalue weighted by atomic mass is 10.2.